The second-order valence-electron chi connectivity index (χ2n) is 5.34. The zero-order chi connectivity index (χ0) is 15.4. The Balaban J connectivity index is 2.26. The Hall–Kier alpha value is 0.310. The number of rotatable bonds is 5. The van der Waals surface area contributed by atoms with Crippen LogP contribution in [0.25, 0.3) is 0 Å². The molecule has 1 aromatic heterocycles. The Morgan fingerprint density at radius 3 is 2.62 bits per heavy atom. The van der Waals surface area contributed by atoms with Crippen LogP contribution in [0.15, 0.2) is 0 Å². The Morgan fingerprint density at radius 2 is 2.00 bits per heavy atom. The molecule has 2 heterocycles. The van der Waals surface area contributed by atoms with Gasteiger partial charge in [-0.25, -0.2) is 9.97 Å². The van der Waals surface area contributed by atoms with Crippen molar-refractivity contribution in [2.24, 2.45) is 0 Å². The molecule has 0 spiro atoms. The maximum Gasteiger partial charge on any atom is 0.144 e. The summed E-state index contributed by atoms with van der Waals surface area (Å²) >= 11 is 6.45. The van der Waals surface area contributed by atoms with E-state index >= 15 is 0 Å². The smallest absolute Gasteiger partial charge is 0.144 e. The molecule has 3 atom stereocenters. The third kappa shape index (κ3) is 4.41. The van der Waals surface area contributed by atoms with Crippen LogP contribution in [0.4, 0.5) is 5.82 Å². The second-order valence-corrected chi connectivity index (χ2v) is 9.41. The summed E-state index contributed by atoms with van der Waals surface area (Å²) in [5, 5.41) is 5.27. The van der Waals surface area contributed by atoms with Gasteiger partial charge in [0.25, 0.3) is 0 Å². The minimum absolute atomic E-state index is 0.422. The number of aryl methyl sites for hydroxylation is 1. The molecule has 0 amide bonds. The summed E-state index contributed by atoms with van der Waals surface area (Å²) < 4.78 is 1.18. The highest BCUT2D eigenvalue weighted by molar-refractivity contribution is 14.1. The lowest BCUT2D eigenvalue weighted by Gasteiger charge is -2.30. The number of anilines is 1. The first-order valence-corrected chi connectivity index (χ1v) is 10.7. The SMILES string of the molecule is CCCNc1nc(C2CSC(C)C(C)S2)nc(CC)c1I. The predicted octanol–water partition coefficient (Wildman–Crippen LogP) is 4.76. The Labute approximate surface area is 150 Å². The number of nitrogens with one attached hydrogen (secondary N) is 1. The van der Waals surface area contributed by atoms with Gasteiger partial charge in [-0.1, -0.05) is 27.7 Å². The minimum Gasteiger partial charge on any atom is -0.369 e. The Bertz CT molecular complexity index is 484. The Kier molecular flexibility index (Phi) is 6.93. The zero-order valence-corrected chi connectivity index (χ0v) is 16.9. The molecular formula is C15H24IN3S2. The fraction of sp³-hybridized carbons (Fsp3) is 0.733. The minimum atomic E-state index is 0.422. The molecule has 3 nitrogen and oxygen atoms in total. The van der Waals surface area contributed by atoms with Crippen molar-refractivity contribution in [1.82, 2.24) is 9.97 Å². The lowest BCUT2D eigenvalue weighted by atomic mass is 10.3. The molecular weight excluding hydrogens is 413 g/mol. The highest BCUT2D eigenvalue weighted by Gasteiger charge is 2.29. The van der Waals surface area contributed by atoms with Gasteiger partial charge in [0.15, 0.2) is 0 Å². The van der Waals surface area contributed by atoms with Gasteiger partial charge < -0.3 is 5.32 Å². The summed E-state index contributed by atoms with van der Waals surface area (Å²) in [4.78, 5) is 9.69. The van der Waals surface area contributed by atoms with E-state index in [4.69, 9.17) is 9.97 Å². The van der Waals surface area contributed by atoms with Crippen molar-refractivity contribution in [3.63, 3.8) is 0 Å². The van der Waals surface area contributed by atoms with E-state index in [-0.39, 0.29) is 0 Å². The monoisotopic (exact) mass is 437 g/mol. The van der Waals surface area contributed by atoms with Crippen molar-refractivity contribution < 1.29 is 0 Å². The van der Waals surface area contributed by atoms with Crippen LogP contribution in [-0.4, -0.2) is 32.8 Å². The van der Waals surface area contributed by atoms with E-state index in [0.717, 1.165) is 42.0 Å². The van der Waals surface area contributed by atoms with E-state index in [1.807, 2.05) is 23.5 Å². The molecule has 6 heteroatoms. The van der Waals surface area contributed by atoms with E-state index in [1.165, 1.54) is 9.26 Å². The van der Waals surface area contributed by atoms with Crippen molar-refractivity contribution >= 4 is 51.9 Å². The van der Waals surface area contributed by atoms with Gasteiger partial charge in [0, 0.05) is 22.8 Å². The van der Waals surface area contributed by atoms with E-state index in [9.17, 15) is 0 Å². The molecule has 0 radical (unpaired) electrons. The summed E-state index contributed by atoms with van der Waals surface area (Å²) in [5.41, 5.74) is 1.18. The molecule has 0 aliphatic carbocycles. The normalized spacial score (nSPS) is 25.9. The van der Waals surface area contributed by atoms with E-state index in [1.54, 1.807) is 0 Å². The maximum atomic E-state index is 4.85. The largest absolute Gasteiger partial charge is 0.369 e. The molecule has 0 saturated carbocycles. The first-order valence-electron chi connectivity index (χ1n) is 7.64. The number of hydrogen-bond donors (Lipinski definition) is 1. The number of thioether (sulfide) groups is 2. The first-order chi connectivity index (χ1) is 10.1. The number of hydrogen-bond acceptors (Lipinski definition) is 5. The average Bonchev–Trinajstić information content (AvgIpc) is 2.49. The highest BCUT2D eigenvalue weighted by Crippen LogP contribution is 2.43. The van der Waals surface area contributed by atoms with Crippen LogP contribution in [0, 0.1) is 3.57 Å². The van der Waals surface area contributed by atoms with Gasteiger partial charge in [-0.2, -0.15) is 11.8 Å². The van der Waals surface area contributed by atoms with Crippen molar-refractivity contribution in [1.29, 1.82) is 0 Å². The zero-order valence-electron chi connectivity index (χ0n) is 13.1. The topological polar surface area (TPSA) is 37.8 Å². The number of halogens is 1. The fourth-order valence-electron chi connectivity index (χ4n) is 2.17. The van der Waals surface area contributed by atoms with Gasteiger partial charge in [-0.15, -0.1) is 11.8 Å². The summed E-state index contributed by atoms with van der Waals surface area (Å²) in [5.74, 6) is 3.16. The molecule has 0 bridgehead atoms. The van der Waals surface area contributed by atoms with Crippen LogP contribution in [-0.2, 0) is 6.42 Å². The first kappa shape index (κ1) is 17.7. The number of nitrogens with zero attached hydrogens (tertiary/aromatic N) is 2. The average molecular weight is 437 g/mol. The molecule has 1 N–H and O–H groups in total. The molecule has 1 aromatic rings. The lowest BCUT2D eigenvalue weighted by molar-refractivity contribution is 0.834. The molecule has 118 valence electrons. The van der Waals surface area contributed by atoms with Crippen molar-refractivity contribution in [2.45, 2.75) is 56.3 Å². The summed E-state index contributed by atoms with van der Waals surface area (Å²) in [6.45, 7) is 9.96. The van der Waals surface area contributed by atoms with Crippen LogP contribution >= 0.6 is 46.1 Å². The molecule has 1 aliphatic heterocycles. The van der Waals surface area contributed by atoms with Crippen molar-refractivity contribution in [3.05, 3.63) is 15.1 Å². The second kappa shape index (κ2) is 8.24. The van der Waals surface area contributed by atoms with Crippen LogP contribution in [0.5, 0.6) is 0 Å². The van der Waals surface area contributed by atoms with Gasteiger partial charge in [0.05, 0.1) is 14.5 Å². The van der Waals surface area contributed by atoms with Gasteiger partial charge >= 0.3 is 0 Å². The van der Waals surface area contributed by atoms with Crippen LogP contribution < -0.4 is 5.32 Å². The molecule has 21 heavy (non-hydrogen) atoms. The summed E-state index contributed by atoms with van der Waals surface area (Å²) in [6.07, 6.45) is 2.07. The maximum absolute atomic E-state index is 4.85. The standard InChI is InChI=1S/C15H24IN3S2/c1-5-7-17-15-13(16)11(6-2)18-14(19-15)12-8-20-9(3)10(4)21-12/h9-10,12H,5-8H2,1-4H3,(H,17,18,19). The third-order valence-electron chi connectivity index (χ3n) is 3.65. The van der Waals surface area contributed by atoms with Crippen molar-refractivity contribution in [2.75, 3.05) is 17.6 Å². The molecule has 1 fully saturated rings. The molecule has 0 aromatic carbocycles. The van der Waals surface area contributed by atoms with Crippen LogP contribution in [0.3, 0.4) is 0 Å². The fourth-order valence-corrected chi connectivity index (χ4v) is 5.83. The van der Waals surface area contributed by atoms with Gasteiger partial charge in [-0.05, 0) is 35.4 Å². The summed E-state index contributed by atoms with van der Waals surface area (Å²) in [7, 11) is 0. The van der Waals surface area contributed by atoms with Gasteiger partial charge in [-0.3, -0.25) is 0 Å². The molecule has 3 unspecified atom stereocenters. The predicted molar refractivity (Wildman–Crippen MR) is 105 cm³/mol. The summed E-state index contributed by atoms with van der Waals surface area (Å²) in [6, 6.07) is 0. The quantitative estimate of drug-likeness (QED) is 0.673. The van der Waals surface area contributed by atoms with E-state index in [0.29, 0.717) is 10.5 Å². The third-order valence-corrected chi connectivity index (χ3v) is 8.17. The van der Waals surface area contributed by atoms with Gasteiger partial charge in [0.2, 0.25) is 0 Å². The lowest BCUT2D eigenvalue weighted by Crippen LogP contribution is -2.23. The molecule has 2 rings (SSSR count). The molecule has 1 aliphatic rings. The number of aromatic nitrogens is 2. The van der Waals surface area contributed by atoms with Crippen LogP contribution in [0.1, 0.15) is 50.9 Å². The molecule has 1 saturated heterocycles. The van der Waals surface area contributed by atoms with Crippen LogP contribution in [0.2, 0.25) is 0 Å². The van der Waals surface area contributed by atoms with Crippen molar-refractivity contribution in [3.8, 4) is 0 Å². The van der Waals surface area contributed by atoms with Gasteiger partial charge in [0.1, 0.15) is 11.6 Å². The highest BCUT2D eigenvalue weighted by atomic mass is 127. The van der Waals surface area contributed by atoms with E-state index in [2.05, 4.69) is 55.6 Å². The Morgan fingerprint density at radius 1 is 1.24 bits per heavy atom. The van der Waals surface area contributed by atoms with E-state index < -0.39 is 0 Å².